The summed E-state index contributed by atoms with van der Waals surface area (Å²) in [4.78, 5) is 27.5. The Morgan fingerprint density at radius 3 is 2.68 bits per heavy atom. The van der Waals surface area contributed by atoms with Gasteiger partial charge in [-0.1, -0.05) is 19.1 Å². The number of allylic oxidation sites excluding steroid dienone is 1. The number of hydrogen-bond donors (Lipinski definition) is 1. The first-order chi connectivity index (χ1) is 16.6. The minimum Gasteiger partial charge on any atom is -0.349 e. The molecular weight excluding hydrogens is 462 g/mol. The summed E-state index contributed by atoms with van der Waals surface area (Å²) < 4.78 is 44.8. The quantitative estimate of drug-likeness (QED) is 0.255. The molecule has 0 saturated carbocycles. The van der Waals surface area contributed by atoms with E-state index in [0.29, 0.717) is 13.0 Å². The second-order valence-corrected chi connectivity index (χ2v) is 9.98. The van der Waals surface area contributed by atoms with Crippen LogP contribution in [0.1, 0.15) is 68.9 Å². The summed E-state index contributed by atoms with van der Waals surface area (Å²) in [6.07, 6.45) is 2.01. The Morgan fingerprint density at radius 1 is 1.41 bits per heavy atom. The molecule has 2 rings (SSSR count). The van der Waals surface area contributed by atoms with E-state index in [1.54, 1.807) is 0 Å². The van der Waals surface area contributed by atoms with E-state index < -0.39 is 38.8 Å². The van der Waals surface area contributed by atoms with Crippen LogP contribution in [0.5, 0.6) is 0 Å². The SMILES string of the molecule is [2H]CC1OC(n2ccc(NC(C)=O)nc2=O)C(F)C1OP(OCC/C=C\CC)N(C(C)C)C(C)C. The Hall–Kier alpha value is -1.71. The average Bonchev–Trinajstić information content (AvgIpc) is 3.08. The lowest BCUT2D eigenvalue weighted by Crippen LogP contribution is -2.38. The fourth-order valence-electron chi connectivity index (χ4n) is 3.61. The maximum absolute atomic E-state index is 15.7. The Morgan fingerprint density at radius 2 is 2.12 bits per heavy atom. The first-order valence-electron chi connectivity index (χ1n) is 12.3. The van der Waals surface area contributed by atoms with Gasteiger partial charge in [0.05, 0.1) is 12.7 Å². The second kappa shape index (κ2) is 13.4. The van der Waals surface area contributed by atoms with Crippen LogP contribution >= 0.6 is 8.53 Å². The molecule has 5 unspecified atom stereocenters. The number of carbonyl (C=O) groups is 1. The molecule has 0 radical (unpaired) electrons. The zero-order valence-corrected chi connectivity index (χ0v) is 21.7. The van der Waals surface area contributed by atoms with Crippen LogP contribution in [-0.4, -0.2) is 57.2 Å². The molecule has 1 amide bonds. The highest BCUT2D eigenvalue weighted by Gasteiger charge is 2.47. The minimum atomic E-state index is -1.73. The van der Waals surface area contributed by atoms with Crippen molar-refractivity contribution in [2.45, 2.75) is 98.0 Å². The van der Waals surface area contributed by atoms with Crippen molar-refractivity contribution >= 4 is 20.3 Å². The smallest absolute Gasteiger partial charge is 0.349 e. The maximum Gasteiger partial charge on any atom is 0.351 e. The van der Waals surface area contributed by atoms with Crippen molar-refractivity contribution in [3.8, 4) is 0 Å². The van der Waals surface area contributed by atoms with E-state index in [1.807, 2.05) is 33.8 Å². The molecular formula is C23H38FN4O5P. The summed E-state index contributed by atoms with van der Waals surface area (Å²) in [5, 5.41) is 2.42. The third-order valence-electron chi connectivity index (χ3n) is 5.02. The number of aromatic nitrogens is 2. The molecule has 1 fully saturated rings. The van der Waals surface area contributed by atoms with Crippen LogP contribution < -0.4 is 11.0 Å². The van der Waals surface area contributed by atoms with Gasteiger partial charge in [-0.25, -0.2) is 13.9 Å². The van der Waals surface area contributed by atoms with Gasteiger partial charge in [0.1, 0.15) is 11.9 Å². The molecule has 192 valence electrons. The molecule has 0 spiro atoms. The molecule has 0 aromatic carbocycles. The fraction of sp³-hybridized carbons (Fsp3) is 0.696. The molecule has 1 aliphatic rings. The average molecular weight is 502 g/mol. The standard InChI is InChI=1S/C23H38FN4O5P/c1-8-9-10-11-14-31-34(28(15(2)3)16(4)5)33-21-17(6)32-22(20(21)24)27-13-12-19(25-18(7)29)26-23(27)30/h9-10,12-13,15-17,20-22H,8,11,14H2,1-7H3,(H,25,26,29,30)/b10-9-/i6D. The van der Waals surface area contributed by atoms with Gasteiger partial charge in [-0.3, -0.25) is 9.36 Å². The van der Waals surface area contributed by atoms with Gasteiger partial charge in [-0.2, -0.15) is 4.98 Å². The van der Waals surface area contributed by atoms with Crippen molar-refractivity contribution in [3.05, 3.63) is 34.9 Å². The molecule has 0 bridgehead atoms. The summed E-state index contributed by atoms with van der Waals surface area (Å²) in [5.74, 6) is -0.313. The van der Waals surface area contributed by atoms with Crippen LogP contribution in [0.25, 0.3) is 0 Å². The Labute approximate surface area is 204 Å². The highest BCUT2D eigenvalue weighted by molar-refractivity contribution is 7.44. The van der Waals surface area contributed by atoms with Crippen LogP contribution in [0.4, 0.5) is 10.2 Å². The third-order valence-corrected chi connectivity index (χ3v) is 7.15. The molecule has 1 saturated heterocycles. The first kappa shape index (κ1) is 26.9. The largest absolute Gasteiger partial charge is 0.351 e. The topological polar surface area (TPSA) is 94.9 Å². The number of alkyl halides is 1. The Kier molecular flexibility index (Phi) is 10.6. The second-order valence-electron chi connectivity index (χ2n) is 8.57. The first-order valence-corrected chi connectivity index (χ1v) is 12.7. The molecule has 0 aliphatic carbocycles. The predicted molar refractivity (Wildman–Crippen MR) is 131 cm³/mol. The molecule has 1 aromatic rings. The van der Waals surface area contributed by atoms with Gasteiger partial charge in [0.25, 0.3) is 8.53 Å². The maximum atomic E-state index is 15.7. The zero-order chi connectivity index (χ0) is 26.1. The Bertz CT molecular complexity index is 895. The lowest BCUT2D eigenvalue weighted by Gasteiger charge is -2.37. The molecule has 2 heterocycles. The van der Waals surface area contributed by atoms with Crippen LogP contribution in [0, 0.1) is 0 Å². The summed E-state index contributed by atoms with van der Waals surface area (Å²) in [5.41, 5.74) is -0.777. The number of hydrogen-bond acceptors (Lipinski definition) is 7. The number of anilines is 1. The third kappa shape index (κ3) is 7.65. The van der Waals surface area contributed by atoms with Crippen molar-refractivity contribution in [2.24, 2.45) is 0 Å². The number of nitrogens with zero attached hydrogens (tertiary/aromatic N) is 3. The van der Waals surface area contributed by atoms with Gasteiger partial charge in [-0.05, 0) is 53.5 Å². The van der Waals surface area contributed by atoms with Crippen LogP contribution in [0.2, 0.25) is 0 Å². The fourth-order valence-corrected chi connectivity index (χ4v) is 5.39. The van der Waals surface area contributed by atoms with E-state index in [-0.39, 0.29) is 30.7 Å². The molecule has 5 atom stereocenters. The number of carbonyl (C=O) groups excluding carboxylic acids is 1. The van der Waals surface area contributed by atoms with Crippen molar-refractivity contribution in [2.75, 3.05) is 11.9 Å². The summed E-state index contributed by atoms with van der Waals surface area (Å²) in [7, 11) is -1.66. The highest BCUT2D eigenvalue weighted by atomic mass is 31.2. The van der Waals surface area contributed by atoms with Crippen molar-refractivity contribution in [1.82, 2.24) is 14.2 Å². The summed E-state index contributed by atoms with van der Waals surface area (Å²) in [6.45, 7) is 11.6. The van der Waals surface area contributed by atoms with Gasteiger partial charge in [0.2, 0.25) is 5.91 Å². The van der Waals surface area contributed by atoms with Crippen molar-refractivity contribution in [3.63, 3.8) is 0 Å². The van der Waals surface area contributed by atoms with E-state index in [0.717, 1.165) is 11.0 Å². The van der Waals surface area contributed by atoms with Gasteiger partial charge < -0.3 is 19.1 Å². The van der Waals surface area contributed by atoms with E-state index in [2.05, 4.69) is 28.0 Å². The van der Waals surface area contributed by atoms with E-state index >= 15 is 4.39 Å². The number of halogens is 1. The van der Waals surface area contributed by atoms with Gasteiger partial charge >= 0.3 is 5.69 Å². The lowest BCUT2D eigenvalue weighted by atomic mass is 10.2. The van der Waals surface area contributed by atoms with Gasteiger partial charge in [0.15, 0.2) is 12.4 Å². The molecule has 1 aliphatic heterocycles. The molecule has 11 heteroatoms. The summed E-state index contributed by atoms with van der Waals surface area (Å²) in [6, 6.07) is 1.54. The van der Waals surface area contributed by atoms with Gasteiger partial charge in [-0.15, -0.1) is 0 Å². The van der Waals surface area contributed by atoms with Crippen molar-refractivity contribution < 1.29 is 24.3 Å². The number of nitrogens with one attached hydrogen (secondary N) is 1. The van der Waals surface area contributed by atoms with Gasteiger partial charge in [0, 0.05) is 26.6 Å². The van der Waals surface area contributed by atoms with Crippen molar-refractivity contribution in [1.29, 1.82) is 0 Å². The predicted octanol–water partition coefficient (Wildman–Crippen LogP) is 4.56. The highest BCUT2D eigenvalue weighted by Crippen LogP contribution is 2.50. The Balaban J connectivity index is 2.26. The molecule has 1 N–H and O–H groups in total. The van der Waals surface area contributed by atoms with Crippen LogP contribution in [-0.2, 0) is 18.6 Å². The number of amides is 1. The molecule has 9 nitrogen and oxygen atoms in total. The van der Waals surface area contributed by atoms with Crippen LogP contribution in [0.15, 0.2) is 29.2 Å². The monoisotopic (exact) mass is 501 g/mol. The molecule has 1 aromatic heterocycles. The number of rotatable bonds is 12. The lowest BCUT2D eigenvalue weighted by molar-refractivity contribution is -0.114. The minimum absolute atomic E-state index is 0.0653. The van der Waals surface area contributed by atoms with E-state index in [9.17, 15) is 9.59 Å². The number of ether oxygens (including phenoxy) is 1. The molecule has 34 heavy (non-hydrogen) atoms. The summed E-state index contributed by atoms with van der Waals surface area (Å²) >= 11 is 0. The zero-order valence-electron chi connectivity index (χ0n) is 21.8. The van der Waals surface area contributed by atoms with E-state index in [1.165, 1.54) is 19.2 Å². The van der Waals surface area contributed by atoms with E-state index in [4.69, 9.17) is 15.2 Å². The normalized spacial score (nSPS) is 24.4. The van der Waals surface area contributed by atoms with Crippen LogP contribution in [0.3, 0.4) is 0 Å².